The maximum absolute atomic E-state index is 12.1. The molecule has 2 unspecified atom stereocenters. The number of hydrogen-bond donors (Lipinski definition) is 1. The summed E-state index contributed by atoms with van der Waals surface area (Å²) in [5.74, 6) is 0.925. The molecule has 1 aliphatic heterocycles. The summed E-state index contributed by atoms with van der Waals surface area (Å²) in [5.41, 5.74) is 0. The molecule has 1 N–H and O–H groups in total. The fraction of sp³-hybridized carbons (Fsp3) is 0.833. The molecule has 2 atom stereocenters. The van der Waals surface area contributed by atoms with Gasteiger partial charge < -0.3 is 10.2 Å². The number of likely N-dealkylation sites (N-methyl/N-ethyl adjacent to an activating group) is 1. The van der Waals surface area contributed by atoms with Gasteiger partial charge in [0.25, 0.3) is 0 Å². The molecule has 2 fully saturated rings. The van der Waals surface area contributed by atoms with Crippen molar-refractivity contribution >= 4 is 11.8 Å². The average Bonchev–Trinajstić information content (AvgIpc) is 2.97. The van der Waals surface area contributed by atoms with E-state index in [2.05, 4.69) is 19.2 Å². The van der Waals surface area contributed by atoms with Crippen LogP contribution >= 0.6 is 0 Å². The molecular formula is C12H20N2O2. The molecule has 0 aromatic heterocycles. The molecule has 0 spiro atoms. The highest BCUT2D eigenvalue weighted by Crippen LogP contribution is 2.36. The molecule has 1 saturated heterocycles. The van der Waals surface area contributed by atoms with Gasteiger partial charge in [0.05, 0.1) is 0 Å². The molecular weight excluding hydrogens is 204 g/mol. The van der Waals surface area contributed by atoms with E-state index in [0.29, 0.717) is 11.8 Å². The van der Waals surface area contributed by atoms with E-state index in [1.54, 1.807) is 11.9 Å². The van der Waals surface area contributed by atoms with E-state index in [0.717, 1.165) is 19.3 Å². The van der Waals surface area contributed by atoms with E-state index >= 15 is 0 Å². The SMILES string of the molecule is CC(C)CC1NC(=O)C(C2CC2)N(C)C1=O. The van der Waals surface area contributed by atoms with Crippen LogP contribution in [0.15, 0.2) is 0 Å². The highest BCUT2D eigenvalue weighted by molar-refractivity contribution is 5.97. The number of carbonyl (C=O) groups excluding carboxylic acids is 2. The first-order chi connectivity index (χ1) is 7.50. The zero-order valence-corrected chi connectivity index (χ0v) is 10.2. The third-order valence-corrected chi connectivity index (χ3v) is 3.42. The molecule has 1 saturated carbocycles. The fourth-order valence-electron chi connectivity index (χ4n) is 2.45. The maximum atomic E-state index is 12.1. The van der Waals surface area contributed by atoms with Crippen molar-refractivity contribution in [3.05, 3.63) is 0 Å². The minimum absolute atomic E-state index is 0.0373. The number of nitrogens with zero attached hydrogens (tertiary/aromatic N) is 1. The summed E-state index contributed by atoms with van der Waals surface area (Å²) >= 11 is 0. The Kier molecular flexibility index (Phi) is 2.91. The predicted molar refractivity (Wildman–Crippen MR) is 60.7 cm³/mol. The van der Waals surface area contributed by atoms with Gasteiger partial charge in [0, 0.05) is 7.05 Å². The van der Waals surface area contributed by atoms with Gasteiger partial charge in [-0.25, -0.2) is 0 Å². The summed E-state index contributed by atoms with van der Waals surface area (Å²) in [7, 11) is 1.76. The normalized spacial score (nSPS) is 30.9. The number of carbonyl (C=O) groups is 2. The van der Waals surface area contributed by atoms with Crippen molar-refractivity contribution in [3.63, 3.8) is 0 Å². The Bertz CT molecular complexity index is 306. The highest BCUT2D eigenvalue weighted by atomic mass is 16.2. The van der Waals surface area contributed by atoms with Crippen molar-refractivity contribution in [3.8, 4) is 0 Å². The smallest absolute Gasteiger partial charge is 0.245 e. The third-order valence-electron chi connectivity index (χ3n) is 3.42. The summed E-state index contributed by atoms with van der Waals surface area (Å²) in [6.07, 6.45) is 2.88. The molecule has 2 amide bonds. The second-order valence-corrected chi connectivity index (χ2v) is 5.42. The van der Waals surface area contributed by atoms with Gasteiger partial charge in [0.1, 0.15) is 12.1 Å². The molecule has 1 heterocycles. The summed E-state index contributed by atoms with van der Waals surface area (Å²) in [6.45, 7) is 4.12. The van der Waals surface area contributed by atoms with Gasteiger partial charge in [0.15, 0.2) is 0 Å². The maximum Gasteiger partial charge on any atom is 0.245 e. The Balaban J connectivity index is 2.07. The number of nitrogens with one attached hydrogen (secondary N) is 1. The largest absolute Gasteiger partial charge is 0.342 e. The quantitative estimate of drug-likeness (QED) is 0.769. The lowest BCUT2D eigenvalue weighted by Crippen LogP contribution is -2.62. The monoisotopic (exact) mass is 224 g/mol. The first kappa shape index (κ1) is 11.4. The zero-order valence-electron chi connectivity index (χ0n) is 10.2. The Morgan fingerprint density at radius 1 is 1.38 bits per heavy atom. The molecule has 4 heteroatoms. The zero-order chi connectivity index (χ0) is 11.9. The minimum atomic E-state index is -0.313. The lowest BCUT2D eigenvalue weighted by Gasteiger charge is -2.37. The molecule has 0 radical (unpaired) electrons. The number of amides is 2. The van der Waals surface area contributed by atoms with Crippen LogP contribution < -0.4 is 5.32 Å². The molecule has 1 aliphatic carbocycles. The summed E-state index contributed by atoms with van der Waals surface area (Å²) in [5, 5.41) is 2.87. The Labute approximate surface area is 96.4 Å². The van der Waals surface area contributed by atoms with Crippen molar-refractivity contribution in [1.29, 1.82) is 0 Å². The van der Waals surface area contributed by atoms with Crippen LogP contribution in [-0.2, 0) is 9.59 Å². The summed E-state index contributed by atoms with van der Waals surface area (Å²) in [6, 6.07) is -0.525. The number of rotatable bonds is 3. The van der Waals surface area contributed by atoms with E-state index in [1.165, 1.54) is 0 Å². The molecule has 0 aromatic carbocycles. The topological polar surface area (TPSA) is 49.4 Å². The van der Waals surface area contributed by atoms with Crippen LogP contribution in [0.5, 0.6) is 0 Å². The van der Waals surface area contributed by atoms with Gasteiger partial charge >= 0.3 is 0 Å². The van der Waals surface area contributed by atoms with Gasteiger partial charge in [-0.1, -0.05) is 13.8 Å². The third kappa shape index (κ3) is 2.06. The van der Waals surface area contributed by atoms with Crippen molar-refractivity contribution < 1.29 is 9.59 Å². The lowest BCUT2D eigenvalue weighted by atomic mass is 9.97. The van der Waals surface area contributed by atoms with Crippen LogP contribution in [0, 0.1) is 11.8 Å². The second-order valence-electron chi connectivity index (χ2n) is 5.42. The van der Waals surface area contributed by atoms with Crippen LogP contribution in [-0.4, -0.2) is 35.8 Å². The Morgan fingerprint density at radius 2 is 2.00 bits per heavy atom. The Hall–Kier alpha value is -1.06. The molecule has 16 heavy (non-hydrogen) atoms. The van der Waals surface area contributed by atoms with Crippen LogP contribution in [0.25, 0.3) is 0 Å². The highest BCUT2D eigenvalue weighted by Gasteiger charge is 2.46. The lowest BCUT2D eigenvalue weighted by molar-refractivity contribution is -0.148. The summed E-state index contributed by atoms with van der Waals surface area (Å²) in [4.78, 5) is 25.6. The first-order valence-corrected chi connectivity index (χ1v) is 6.07. The first-order valence-electron chi connectivity index (χ1n) is 6.07. The van der Waals surface area contributed by atoms with Crippen molar-refractivity contribution in [1.82, 2.24) is 10.2 Å². The van der Waals surface area contributed by atoms with E-state index in [1.807, 2.05) is 0 Å². The number of piperazine rings is 1. The predicted octanol–water partition coefficient (Wildman–Crippen LogP) is 0.768. The Morgan fingerprint density at radius 3 is 2.50 bits per heavy atom. The van der Waals surface area contributed by atoms with Gasteiger partial charge in [-0.05, 0) is 31.1 Å². The fourth-order valence-corrected chi connectivity index (χ4v) is 2.45. The minimum Gasteiger partial charge on any atom is -0.342 e. The van der Waals surface area contributed by atoms with E-state index in [9.17, 15) is 9.59 Å². The van der Waals surface area contributed by atoms with Gasteiger partial charge in [-0.3, -0.25) is 9.59 Å². The van der Waals surface area contributed by atoms with Crippen molar-refractivity contribution in [2.24, 2.45) is 11.8 Å². The molecule has 2 aliphatic rings. The summed E-state index contributed by atoms with van der Waals surface area (Å²) < 4.78 is 0. The van der Waals surface area contributed by atoms with Crippen LogP contribution in [0.1, 0.15) is 33.1 Å². The van der Waals surface area contributed by atoms with Crippen molar-refractivity contribution in [2.75, 3.05) is 7.05 Å². The molecule has 0 bridgehead atoms. The standard InChI is InChI=1S/C12H20N2O2/c1-7(2)6-9-12(16)14(3)10(8-4-5-8)11(15)13-9/h7-10H,4-6H2,1-3H3,(H,13,15). The number of hydrogen-bond acceptors (Lipinski definition) is 2. The van der Waals surface area contributed by atoms with E-state index < -0.39 is 0 Å². The van der Waals surface area contributed by atoms with Crippen LogP contribution in [0.4, 0.5) is 0 Å². The van der Waals surface area contributed by atoms with Crippen molar-refractivity contribution in [2.45, 2.75) is 45.2 Å². The second kappa shape index (κ2) is 4.07. The molecule has 2 rings (SSSR count). The van der Waals surface area contributed by atoms with Crippen LogP contribution in [0.2, 0.25) is 0 Å². The molecule has 0 aromatic rings. The molecule has 4 nitrogen and oxygen atoms in total. The van der Waals surface area contributed by atoms with E-state index in [4.69, 9.17) is 0 Å². The van der Waals surface area contributed by atoms with Gasteiger partial charge in [-0.2, -0.15) is 0 Å². The van der Waals surface area contributed by atoms with Gasteiger partial charge in [0.2, 0.25) is 11.8 Å². The molecule has 90 valence electrons. The van der Waals surface area contributed by atoms with Gasteiger partial charge in [-0.15, -0.1) is 0 Å². The van der Waals surface area contributed by atoms with Crippen LogP contribution in [0.3, 0.4) is 0 Å². The average molecular weight is 224 g/mol. The van der Waals surface area contributed by atoms with E-state index in [-0.39, 0.29) is 23.9 Å².